The highest BCUT2D eigenvalue weighted by molar-refractivity contribution is 5.25. The van der Waals surface area contributed by atoms with Gasteiger partial charge in [-0.1, -0.05) is 50.0 Å². The first kappa shape index (κ1) is 11.9. The Hall–Kier alpha value is -1.22. The molecule has 0 atom stereocenters. The van der Waals surface area contributed by atoms with Gasteiger partial charge in [0.15, 0.2) is 0 Å². The van der Waals surface area contributed by atoms with Gasteiger partial charge < -0.3 is 0 Å². The Morgan fingerprint density at radius 2 is 1.67 bits per heavy atom. The van der Waals surface area contributed by atoms with Crippen molar-refractivity contribution in [1.82, 2.24) is 0 Å². The van der Waals surface area contributed by atoms with E-state index in [0.29, 0.717) is 0 Å². The minimum Gasteiger partial charge on any atom is -0.106 e. The van der Waals surface area contributed by atoms with Crippen molar-refractivity contribution in [2.45, 2.75) is 46.0 Å². The van der Waals surface area contributed by atoms with Crippen LogP contribution in [0, 0.1) is 11.8 Å². The Balaban J connectivity index is 2.44. The van der Waals surface area contributed by atoms with Crippen molar-refractivity contribution in [2.75, 3.05) is 0 Å². The van der Waals surface area contributed by atoms with E-state index in [4.69, 9.17) is 0 Å². The molecule has 15 heavy (non-hydrogen) atoms. The second-order valence-electron chi connectivity index (χ2n) is 3.88. The van der Waals surface area contributed by atoms with Crippen LogP contribution in [0.4, 0.5) is 0 Å². The molecule has 0 saturated heterocycles. The maximum absolute atomic E-state index is 3.09. The van der Waals surface area contributed by atoms with Crippen LogP contribution in [0.15, 0.2) is 24.3 Å². The molecule has 0 N–H and O–H groups in total. The summed E-state index contributed by atoms with van der Waals surface area (Å²) in [5.74, 6) is 6.01. The standard InChI is InChI=1S/C15H20/c1-3-5-7-9-15-12-10-14(11-13-15)8-6-4-2/h10-13H,3,5,7-9H2,1-2H3. The summed E-state index contributed by atoms with van der Waals surface area (Å²) in [5, 5.41) is 0. The first-order chi connectivity index (χ1) is 7.36. The van der Waals surface area contributed by atoms with Crippen molar-refractivity contribution in [3.63, 3.8) is 0 Å². The molecule has 0 aliphatic rings. The molecule has 0 heteroatoms. The van der Waals surface area contributed by atoms with Crippen molar-refractivity contribution >= 4 is 0 Å². The molecule has 0 aliphatic carbocycles. The highest BCUT2D eigenvalue weighted by Crippen LogP contribution is 2.09. The van der Waals surface area contributed by atoms with Gasteiger partial charge in [0.05, 0.1) is 0 Å². The summed E-state index contributed by atoms with van der Waals surface area (Å²) in [6.45, 7) is 4.13. The molecular formula is C15H20. The van der Waals surface area contributed by atoms with E-state index < -0.39 is 0 Å². The predicted molar refractivity (Wildman–Crippen MR) is 66.8 cm³/mol. The van der Waals surface area contributed by atoms with Crippen LogP contribution < -0.4 is 0 Å². The van der Waals surface area contributed by atoms with Crippen LogP contribution in [0.3, 0.4) is 0 Å². The highest BCUT2D eigenvalue weighted by Gasteiger charge is 1.93. The van der Waals surface area contributed by atoms with Gasteiger partial charge in [-0.05, 0) is 30.9 Å². The molecule has 0 fully saturated rings. The van der Waals surface area contributed by atoms with Gasteiger partial charge in [-0.15, -0.1) is 5.92 Å². The maximum atomic E-state index is 3.09. The molecule has 1 aromatic rings. The highest BCUT2D eigenvalue weighted by atomic mass is 14.0. The van der Waals surface area contributed by atoms with Crippen molar-refractivity contribution in [3.8, 4) is 11.8 Å². The summed E-state index contributed by atoms with van der Waals surface area (Å²) < 4.78 is 0. The van der Waals surface area contributed by atoms with Gasteiger partial charge in [0, 0.05) is 6.42 Å². The van der Waals surface area contributed by atoms with E-state index in [9.17, 15) is 0 Å². The summed E-state index contributed by atoms with van der Waals surface area (Å²) >= 11 is 0. The number of rotatable bonds is 5. The average molecular weight is 200 g/mol. The summed E-state index contributed by atoms with van der Waals surface area (Å²) in [6.07, 6.45) is 6.04. The first-order valence-corrected chi connectivity index (χ1v) is 5.84. The van der Waals surface area contributed by atoms with Crippen LogP contribution in [0.25, 0.3) is 0 Å². The minimum absolute atomic E-state index is 0.881. The molecule has 0 bridgehead atoms. The SMILES string of the molecule is CC#CCc1ccc(CCCCC)cc1. The largest absolute Gasteiger partial charge is 0.106 e. The van der Waals surface area contributed by atoms with Crippen LogP contribution in [0.2, 0.25) is 0 Å². The molecule has 0 radical (unpaired) electrons. The van der Waals surface area contributed by atoms with E-state index in [0.717, 1.165) is 6.42 Å². The fourth-order valence-electron chi connectivity index (χ4n) is 1.59. The Morgan fingerprint density at radius 3 is 2.27 bits per heavy atom. The molecule has 0 saturated carbocycles. The lowest BCUT2D eigenvalue weighted by atomic mass is 10.0. The summed E-state index contributed by atoms with van der Waals surface area (Å²) in [5.41, 5.74) is 2.78. The Bertz CT molecular complexity index is 321. The van der Waals surface area contributed by atoms with E-state index in [2.05, 4.69) is 43.0 Å². The molecular weight excluding hydrogens is 180 g/mol. The molecule has 0 spiro atoms. The molecule has 0 nitrogen and oxygen atoms in total. The molecule has 0 amide bonds. The number of benzene rings is 1. The van der Waals surface area contributed by atoms with E-state index >= 15 is 0 Å². The summed E-state index contributed by atoms with van der Waals surface area (Å²) in [6, 6.07) is 8.88. The van der Waals surface area contributed by atoms with E-state index in [1.807, 2.05) is 6.92 Å². The van der Waals surface area contributed by atoms with Crippen molar-refractivity contribution in [2.24, 2.45) is 0 Å². The fourth-order valence-corrected chi connectivity index (χ4v) is 1.59. The zero-order chi connectivity index (χ0) is 10.9. The Kier molecular flexibility index (Phi) is 5.63. The molecule has 0 unspecified atom stereocenters. The van der Waals surface area contributed by atoms with Crippen molar-refractivity contribution in [3.05, 3.63) is 35.4 Å². The molecule has 0 aromatic heterocycles. The van der Waals surface area contributed by atoms with E-state index in [1.165, 1.54) is 36.8 Å². The third-order valence-electron chi connectivity index (χ3n) is 2.56. The van der Waals surface area contributed by atoms with Crippen molar-refractivity contribution in [1.29, 1.82) is 0 Å². The van der Waals surface area contributed by atoms with Gasteiger partial charge in [-0.25, -0.2) is 0 Å². The zero-order valence-electron chi connectivity index (χ0n) is 9.84. The van der Waals surface area contributed by atoms with Gasteiger partial charge in [0.25, 0.3) is 0 Å². The third-order valence-corrected chi connectivity index (χ3v) is 2.56. The lowest BCUT2D eigenvalue weighted by Crippen LogP contribution is -1.87. The molecule has 0 heterocycles. The number of unbranched alkanes of at least 4 members (excludes halogenated alkanes) is 2. The second kappa shape index (κ2) is 7.12. The number of hydrogen-bond acceptors (Lipinski definition) is 0. The molecule has 1 aromatic carbocycles. The minimum atomic E-state index is 0.881. The lowest BCUT2D eigenvalue weighted by Gasteiger charge is -2.01. The van der Waals surface area contributed by atoms with Crippen LogP contribution in [-0.2, 0) is 12.8 Å². The monoisotopic (exact) mass is 200 g/mol. The Labute approximate surface area is 93.7 Å². The average Bonchev–Trinajstić information content (AvgIpc) is 2.28. The van der Waals surface area contributed by atoms with Gasteiger partial charge >= 0.3 is 0 Å². The summed E-state index contributed by atoms with van der Waals surface area (Å²) in [4.78, 5) is 0. The van der Waals surface area contributed by atoms with Crippen molar-refractivity contribution < 1.29 is 0 Å². The van der Waals surface area contributed by atoms with E-state index in [-0.39, 0.29) is 0 Å². The second-order valence-corrected chi connectivity index (χ2v) is 3.88. The van der Waals surface area contributed by atoms with Gasteiger partial charge in [0.1, 0.15) is 0 Å². The van der Waals surface area contributed by atoms with Crippen LogP contribution in [0.1, 0.15) is 44.2 Å². The quantitative estimate of drug-likeness (QED) is 0.498. The third kappa shape index (κ3) is 4.70. The van der Waals surface area contributed by atoms with Crippen LogP contribution in [0.5, 0.6) is 0 Å². The lowest BCUT2D eigenvalue weighted by molar-refractivity contribution is 0.717. The molecule has 80 valence electrons. The predicted octanol–water partition coefficient (Wildman–Crippen LogP) is 3.99. The number of hydrogen-bond donors (Lipinski definition) is 0. The normalized spacial score (nSPS) is 9.47. The summed E-state index contributed by atoms with van der Waals surface area (Å²) in [7, 11) is 0. The van der Waals surface area contributed by atoms with Crippen LogP contribution in [-0.4, -0.2) is 0 Å². The topological polar surface area (TPSA) is 0 Å². The van der Waals surface area contributed by atoms with Gasteiger partial charge in [0.2, 0.25) is 0 Å². The first-order valence-electron chi connectivity index (χ1n) is 5.84. The fraction of sp³-hybridized carbons (Fsp3) is 0.467. The number of aryl methyl sites for hydroxylation is 1. The Morgan fingerprint density at radius 1 is 1.00 bits per heavy atom. The molecule has 1 rings (SSSR count). The van der Waals surface area contributed by atoms with Gasteiger partial charge in [-0.2, -0.15) is 0 Å². The van der Waals surface area contributed by atoms with Crippen LogP contribution >= 0.6 is 0 Å². The van der Waals surface area contributed by atoms with Gasteiger partial charge in [-0.3, -0.25) is 0 Å². The maximum Gasteiger partial charge on any atom is 0.0340 e. The zero-order valence-corrected chi connectivity index (χ0v) is 9.84. The van der Waals surface area contributed by atoms with E-state index in [1.54, 1.807) is 0 Å². The smallest absolute Gasteiger partial charge is 0.0340 e. The molecule has 0 aliphatic heterocycles.